The first kappa shape index (κ1) is 11.3. The van der Waals surface area contributed by atoms with E-state index in [9.17, 15) is 4.79 Å². The van der Waals surface area contributed by atoms with E-state index in [0.29, 0.717) is 12.2 Å². The summed E-state index contributed by atoms with van der Waals surface area (Å²) in [6, 6.07) is 8.26. The molecule has 0 atom stereocenters. The Morgan fingerprint density at radius 1 is 1.11 bits per heavy atom. The monoisotopic (exact) mass is 239 g/mol. The van der Waals surface area contributed by atoms with Gasteiger partial charge in [-0.2, -0.15) is 0 Å². The van der Waals surface area contributed by atoms with Crippen molar-refractivity contribution in [1.29, 1.82) is 0 Å². The predicted octanol–water partition coefficient (Wildman–Crippen LogP) is 4.08. The van der Waals surface area contributed by atoms with E-state index in [0.717, 1.165) is 31.2 Å². The Bertz CT molecular complexity index is 606. The second kappa shape index (κ2) is 4.81. The number of rotatable bonds is 1. The Kier molecular flexibility index (Phi) is 3.01. The van der Waals surface area contributed by atoms with Gasteiger partial charge in [0.2, 0.25) is 0 Å². The van der Waals surface area contributed by atoms with Crippen LogP contribution in [0, 0.1) is 0 Å². The molecule has 2 nitrogen and oxygen atoms in total. The Morgan fingerprint density at radius 2 is 2.00 bits per heavy atom. The van der Waals surface area contributed by atoms with Crippen molar-refractivity contribution in [1.82, 2.24) is 4.98 Å². The minimum atomic E-state index is 0.367. The Labute approximate surface area is 107 Å². The van der Waals surface area contributed by atoms with E-state index >= 15 is 0 Å². The van der Waals surface area contributed by atoms with Crippen LogP contribution in [-0.4, -0.2) is 10.8 Å². The van der Waals surface area contributed by atoms with Crippen molar-refractivity contribution in [2.45, 2.75) is 32.1 Å². The fraction of sp³-hybridized carbons (Fsp3) is 0.312. The number of Topliss-reactive ketones (excluding diaryl/α,β-unsaturated/α-hetero) is 1. The van der Waals surface area contributed by atoms with E-state index in [1.54, 1.807) is 0 Å². The topological polar surface area (TPSA) is 32.9 Å². The van der Waals surface area contributed by atoms with Crippen LogP contribution in [0.1, 0.15) is 37.7 Å². The quantitative estimate of drug-likeness (QED) is 0.799. The van der Waals surface area contributed by atoms with Crippen molar-refractivity contribution in [2.75, 3.05) is 0 Å². The first-order chi connectivity index (χ1) is 8.84. The molecule has 1 N–H and O–H groups in total. The molecule has 1 heterocycles. The van der Waals surface area contributed by atoms with Crippen LogP contribution in [0.4, 0.5) is 0 Å². The van der Waals surface area contributed by atoms with Crippen LogP contribution >= 0.6 is 0 Å². The number of allylic oxidation sites excluding steroid dienone is 2. The number of ketones is 1. The summed E-state index contributed by atoms with van der Waals surface area (Å²) in [5.74, 6) is 0.367. The molecule has 0 aliphatic heterocycles. The molecule has 0 spiro atoms. The first-order valence-electron chi connectivity index (χ1n) is 6.62. The van der Waals surface area contributed by atoms with Gasteiger partial charge in [-0.15, -0.1) is 0 Å². The van der Waals surface area contributed by atoms with Crippen molar-refractivity contribution in [3.8, 4) is 0 Å². The molecule has 1 aromatic carbocycles. The summed E-state index contributed by atoms with van der Waals surface area (Å²) in [7, 11) is 0. The summed E-state index contributed by atoms with van der Waals surface area (Å²) in [5.41, 5.74) is 3.53. The molecule has 0 radical (unpaired) electrons. The first-order valence-corrected chi connectivity index (χ1v) is 6.62. The number of hydrogen-bond acceptors (Lipinski definition) is 1. The molecule has 2 heteroatoms. The maximum Gasteiger partial charge on any atom is 0.137 e. The summed E-state index contributed by atoms with van der Waals surface area (Å²) in [4.78, 5) is 15.1. The number of nitrogens with one attached hydrogen (secondary N) is 1. The molecule has 1 aromatic heterocycles. The highest BCUT2D eigenvalue weighted by Crippen LogP contribution is 2.29. The maximum atomic E-state index is 11.8. The van der Waals surface area contributed by atoms with Gasteiger partial charge in [-0.05, 0) is 30.9 Å². The molecule has 3 rings (SSSR count). The second-order valence-corrected chi connectivity index (χ2v) is 4.94. The van der Waals surface area contributed by atoms with E-state index in [1.165, 1.54) is 16.5 Å². The number of aromatic amines is 1. The summed E-state index contributed by atoms with van der Waals surface area (Å²) in [6.45, 7) is 0. The van der Waals surface area contributed by atoms with Gasteiger partial charge in [-0.1, -0.05) is 24.3 Å². The lowest BCUT2D eigenvalue weighted by Gasteiger charge is -2.10. The summed E-state index contributed by atoms with van der Waals surface area (Å²) in [5, 5.41) is 1.22. The van der Waals surface area contributed by atoms with Crippen LogP contribution < -0.4 is 0 Å². The van der Waals surface area contributed by atoms with Gasteiger partial charge in [0, 0.05) is 35.5 Å². The molecule has 1 aliphatic rings. The van der Waals surface area contributed by atoms with Crippen molar-refractivity contribution in [3.63, 3.8) is 0 Å². The zero-order valence-electron chi connectivity index (χ0n) is 10.4. The molecular weight excluding hydrogens is 222 g/mol. The van der Waals surface area contributed by atoms with E-state index < -0.39 is 0 Å². The van der Waals surface area contributed by atoms with Crippen LogP contribution in [0.5, 0.6) is 0 Å². The molecule has 0 saturated heterocycles. The lowest BCUT2D eigenvalue weighted by Crippen LogP contribution is -2.02. The van der Waals surface area contributed by atoms with E-state index in [2.05, 4.69) is 23.2 Å². The van der Waals surface area contributed by atoms with E-state index in [4.69, 9.17) is 0 Å². The summed E-state index contributed by atoms with van der Waals surface area (Å²) < 4.78 is 0. The minimum Gasteiger partial charge on any atom is -0.361 e. The zero-order chi connectivity index (χ0) is 12.4. The lowest BCUT2D eigenvalue weighted by atomic mass is 9.94. The average molecular weight is 239 g/mol. The predicted molar refractivity (Wildman–Crippen MR) is 74.4 cm³/mol. The molecule has 0 unspecified atom stereocenters. The molecule has 2 aromatic rings. The zero-order valence-corrected chi connectivity index (χ0v) is 10.4. The van der Waals surface area contributed by atoms with Gasteiger partial charge in [0.15, 0.2) is 0 Å². The number of benzene rings is 1. The van der Waals surface area contributed by atoms with Crippen LogP contribution in [0.3, 0.4) is 0 Å². The fourth-order valence-corrected chi connectivity index (χ4v) is 2.66. The van der Waals surface area contributed by atoms with Crippen molar-refractivity contribution in [2.24, 2.45) is 0 Å². The molecule has 92 valence electrons. The molecule has 0 saturated carbocycles. The number of para-hydroxylation sites is 1. The molecule has 0 amide bonds. The van der Waals surface area contributed by atoms with Crippen molar-refractivity contribution in [3.05, 3.63) is 42.1 Å². The maximum absolute atomic E-state index is 11.8. The Hall–Kier alpha value is -1.83. The van der Waals surface area contributed by atoms with Gasteiger partial charge in [-0.3, -0.25) is 4.79 Å². The molecular formula is C16H17NO. The smallest absolute Gasteiger partial charge is 0.137 e. The minimum absolute atomic E-state index is 0.367. The van der Waals surface area contributed by atoms with Gasteiger partial charge in [0.1, 0.15) is 5.78 Å². The molecule has 18 heavy (non-hydrogen) atoms. The Morgan fingerprint density at radius 3 is 2.94 bits per heavy atom. The van der Waals surface area contributed by atoms with Crippen LogP contribution in [0.25, 0.3) is 16.5 Å². The fourth-order valence-electron chi connectivity index (χ4n) is 2.66. The number of carbonyl (C=O) groups excluding carboxylic acids is 1. The number of fused-ring (bicyclic) bond motifs is 1. The van der Waals surface area contributed by atoms with Gasteiger partial charge in [0.05, 0.1) is 0 Å². The van der Waals surface area contributed by atoms with Gasteiger partial charge < -0.3 is 4.98 Å². The number of carbonyl (C=O) groups is 1. The molecule has 0 fully saturated rings. The highest BCUT2D eigenvalue weighted by Gasteiger charge is 2.13. The van der Waals surface area contributed by atoms with Crippen molar-refractivity contribution >= 4 is 22.3 Å². The normalized spacial score (nSPS) is 20.2. The Balaban J connectivity index is 2.04. The van der Waals surface area contributed by atoms with E-state index in [-0.39, 0.29) is 0 Å². The lowest BCUT2D eigenvalue weighted by molar-refractivity contribution is -0.118. The van der Waals surface area contributed by atoms with Crippen molar-refractivity contribution < 1.29 is 4.79 Å². The summed E-state index contributed by atoms with van der Waals surface area (Å²) in [6.07, 6.45) is 8.84. The van der Waals surface area contributed by atoms with Crippen LogP contribution in [-0.2, 0) is 4.79 Å². The molecule has 1 aliphatic carbocycles. The average Bonchev–Trinajstić information content (AvgIpc) is 2.77. The highest BCUT2D eigenvalue weighted by atomic mass is 16.1. The third kappa shape index (κ3) is 2.10. The SMILES string of the molecule is O=C1CCCC/C=C(/c2c[nH]c3ccccc23)C1. The van der Waals surface area contributed by atoms with Crippen LogP contribution in [0.2, 0.25) is 0 Å². The standard InChI is InChI=1S/C16H17NO/c18-13-7-3-1-2-6-12(10-13)15-11-17-16-9-5-4-8-14(15)16/h4-6,8-9,11,17H,1-3,7,10H2/b12-6+. The van der Waals surface area contributed by atoms with Gasteiger partial charge >= 0.3 is 0 Å². The van der Waals surface area contributed by atoms with Gasteiger partial charge in [0.25, 0.3) is 0 Å². The number of H-pyrrole nitrogens is 1. The number of hydrogen-bond donors (Lipinski definition) is 1. The van der Waals surface area contributed by atoms with Crippen LogP contribution in [0.15, 0.2) is 36.5 Å². The molecule has 0 bridgehead atoms. The van der Waals surface area contributed by atoms with E-state index in [1.807, 2.05) is 18.3 Å². The summed E-state index contributed by atoms with van der Waals surface area (Å²) >= 11 is 0. The number of aromatic nitrogens is 1. The largest absolute Gasteiger partial charge is 0.361 e. The highest BCUT2D eigenvalue weighted by molar-refractivity contribution is 5.98. The third-order valence-corrected chi connectivity index (χ3v) is 3.62. The third-order valence-electron chi connectivity index (χ3n) is 3.62. The second-order valence-electron chi connectivity index (χ2n) is 4.94. The van der Waals surface area contributed by atoms with Gasteiger partial charge in [-0.25, -0.2) is 0 Å².